The van der Waals surface area contributed by atoms with Crippen LogP contribution in [0.25, 0.3) is 11.0 Å². The van der Waals surface area contributed by atoms with Crippen molar-refractivity contribution < 1.29 is 14.8 Å². The molecule has 1 aromatic heterocycles. The molecular formula is C15H13N5O4. The fourth-order valence-corrected chi connectivity index (χ4v) is 2.14. The first-order valence-corrected chi connectivity index (χ1v) is 6.87. The average Bonchev–Trinajstić information content (AvgIpc) is 2.98. The van der Waals surface area contributed by atoms with Crippen molar-refractivity contribution in [3.63, 3.8) is 0 Å². The Morgan fingerprint density at radius 3 is 2.92 bits per heavy atom. The second-order valence-electron chi connectivity index (χ2n) is 4.82. The molecule has 0 amide bonds. The number of H-pyrrole nitrogens is 1. The number of non-ortho nitro benzene ring substituents is 1. The molecule has 0 atom stereocenters. The maximum Gasteiger partial charge on any atom is 0.274 e. The van der Waals surface area contributed by atoms with Gasteiger partial charge in [-0.05, 0) is 12.1 Å². The number of nitrogens with one attached hydrogen (secondary N) is 2. The van der Waals surface area contributed by atoms with Gasteiger partial charge < -0.3 is 14.8 Å². The number of aromatic hydroxyl groups is 1. The summed E-state index contributed by atoms with van der Waals surface area (Å²) >= 11 is 0. The van der Waals surface area contributed by atoms with Gasteiger partial charge in [0.25, 0.3) is 5.69 Å². The number of para-hydroxylation sites is 2. The van der Waals surface area contributed by atoms with Crippen LogP contribution in [-0.2, 0) is 0 Å². The molecule has 2 aromatic carbocycles. The van der Waals surface area contributed by atoms with Gasteiger partial charge in [0.1, 0.15) is 0 Å². The molecule has 0 radical (unpaired) electrons. The van der Waals surface area contributed by atoms with Gasteiger partial charge >= 0.3 is 0 Å². The number of fused-ring (bicyclic) bond motifs is 1. The molecule has 9 heteroatoms. The van der Waals surface area contributed by atoms with Crippen LogP contribution in [0.2, 0.25) is 0 Å². The highest BCUT2D eigenvalue weighted by molar-refractivity contribution is 5.86. The molecule has 3 rings (SSSR count). The Morgan fingerprint density at radius 2 is 2.21 bits per heavy atom. The van der Waals surface area contributed by atoms with Crippen LogP contribution >= 0.6 is 0 Å². The first kappa shape index (κ1) is 15.3. The standard InChI is InChI=1S/C15H13N5O4/c1-24-13-7-10(20(22)23)6-9(14(13)21)8-16-19-15-17-11-4-2-3-5-12(11)18-15/h2-8,21H,1H3,(H2,17,18,19)/b16-8+. The van der Waals surface area contributed by atoms with E-state index in [2.05, 4.69) is 20.5 Å². The Kier molecular flexibility index (Phi) is 3.98. The zero-order chi connectivity index (χ0) is 17.1. The number of anilines is 1. The number of hydrazone groups is 1. The monoisotopic (exact) mass is 327 g/mol. The lowest BCUT2D eigenvalue weighted by molar-refractivity contribution is -0.385. The average molecular weight is 327 g/mol. The van der Waals surface area contributed by atoms with Crippen molar-refractivity contribution in [2.24, 2.45) is 5.10 Å². The fraction of sp³-hybridized carbons (Fsp3) is 0.0667. The highest BCUT2D eigenvalue weighted by Gasteiger charge is 2.15. The lowest BCUT2D eigenvalue weighted by Gasteiger charge is -2.05. The summed E-state index contributed by atoms with van der Waals surface area (Å²) in [5, 5.41) is 24.9. The van der Waals surface area contributed by atoms with Crippen LogP contribution in [-0.4, -0.2) is 33.3 Å². The van der Waals surface area contributed by atoms with E-state index < -0.39 is 4.92 Å². The number of aromatic amines is 1. The van der Waals surface area contributed by atoms with Gasteiger partial charge in [-0.2, -0.15) is 5.10 Å². The number of nitrogens with zero attached hydrogens (tertiary/aromatic N) is 3. The molecule has 3 N–H and O–H groups in total. The summed E-state index contributed by atoms with van der Waals surface area (Å²) in [6.45, 7) is 0. The molecule has 122 valence electrons. The van der Waals surface area contributed by atoms with E-state index >= 15 is 0 Å². The minimum absolute atomic E-state index is 0.00520. The van der Waals surface area contributed by atoms with E-state index in [1.165, 1.54) is 19.4 Å². The molecule has 3 aromatic rings. The number of benzene rings is 2. The minimum atomic E-state index is -0.577. The summed E-state index contributed by atoms with van der Waals surface area (Å²) in [5.41, 5.74) is 4.22. The number of phenols is 1. The van der Waals surface area contributed by atoms with Gasteiger partial charge in [0, 0.05) is 11.6 Å². The van der Waals surface area contributed by atoms with Crippen LogP contribution in [0.15, 0.2) is 41.5 Å². The number of phenolic OH excluding ortho intramolecular Hbond substituents is 1. The number of nitro benzene ring substituents is 1. The number of rotatable bonds is 5. The Morgan fingerprint density at radius 1 is 1.42 bits per heavy atom. The third-order valence-electron chi connectivity index (χ3n) is 3.28. The summed E-state index contributed by atoms with van der Waals surface area (Å²) < 4.78 is 4.93. The Hall–Kier alpha value is -3.62. The number of aromatic nitrogens is 2. The first-order chi connectivity index (χ1) is 11.6. The van der Waals surface area contributed by atoms with E-state index in [1.807, 2.05) is 24.3 Å². The molecule has 0 saturated heterocycles. The largest absolute Gasteiger partial charge is 0.504 e. The predicted molar refractivity (Wildman–Crippen MR) is 88.6 cm³/mol. The molecule has 0 unspecified atom stereocenters. The highest BCUT2D eigenvalue weighted by Crippen LogP contribution is 2.33. The first-order valence-electron chi connectivity index (χ1n) is 6.87. The van der Waals surface area contributed by atoms with Crippen molar-refractivity contribution in [3.8, 4) is 11.5 Å². The summed E-state index contributed by atoms with van der Waals surface area (Å²) in [7, 11) is 1.31. The smallest absolute Gasteiger partial charge is 0.274 e. The fourth-order valence-electron chi connectivity index (χ4n) is 2.14. The Balaban J connectivity index is 1.85. The maximum absolute atomic E-state index is 10.9. The van der Waals surface area contributed by atoms with E-state index in [-0.39, 0.29) is 22.7 Å². The molecule has 0 bridgehead atoms. The second-order valence-corrected chi connectivity index (χ2v) is 4.82. The van der Waals surface area contributed by atoms with Crippen LogP contribution in [0.1, 0.15) is 5.56 Å². The van der Waals surface area contributed by atoms with Gasteiger partial charge in [0.05, 0.1) is 35.3 Å². The van der Waals surface area contributed by atoms with Crippen LogP contribution < -0.4 is 10.2 Å². The van der Waals surface area contributed by atoms with Crippen LogP contribution in [0.4, 0.5) is 11.6 Å². The number of hydrogen-bond acceptors (Lipinski definition) is 7. The van der Waals surface area contributed by atoms with E-state index in [0.717, 1.165) is 17.1 Å². The maximum atomic E-state index is 10.9. The number of nitro groups is 1. The van der Waals surface area contributed by atoms with Crippen LogP contribution in [0.3, 0.4) is 0 Å². The van der Waals surface area contributed by atoms with Crippen molar-refractivity contribution in [2.45, 2.75) is 0 Å². The molecule has 1 heterocycles. The molecule has 0 fully saturated rings. The van der Waals surface area contributed by atoms with Gasteiger partial charge in [-0.1, -0.05) is 12.1 Å². The van der Waals surface area contributed by atoms with Gasteiger partial charge in [-0.15, -0.1) is 0 Å². The van der Waals surface area contributed by atoms with Gasteiger partial charge in [-0.3, -0.25) is 10.1 Å². The summed E-state index contributed by atoms with van der Waals surface area (Å²) in [6.07, 6.45) is 1.25. The van der Waals surface area contributed by atoms with Gasteiger partial charge in [0.2, 0.25) is 5.95 Å². The normalized spacial score (nSPS) is 11.0. The molecule has 0 aliphatic heterocycles. The lowest BCUT2D eigenvalue weighted by atomic mass is 10.2. The van der Waals surface area contributed by atoms with Crippen molar-refractivity contribution in [1.82, 2.24) is 9.97 Å². The van der Waals surface area contributed by atoms with Crippen molar-refractivity contribution in [2.75, 3.05) is 12.5 Å². The van der Waals surface area contributed by atoms with Gasteiger partial charge in [-0.25, -0.2) is 10.4 Å². The summed E-state index contributed by atoms with van der Waals surface area (Å²) in [6, 6.07) is 9.79. The zero-order valence-corrected chi connectivity index (χ0v) is 12.6. The molecule has 0 spiro atoms. The van der Waals surface area contributed by atoms with E-state index in [4.69, 9.17) is 4.74 Å². The number of imidazole rings is 1. The molecule has 9 nitrogen and oxygen atoms in total. The van der Waals surface area contributed by atoms with Crippen LogP contribution in [0, 0.1) is 10.1 Å². The zero-order valence-electron chi connectivity index (χ0n) is 12.6. The van der Waals surface area contributed by atoms with Crippen molar-refractivity contribution in [1.29, 1.82) is 0 Å². The SMILES string of the molecule is COc1cc([N+](=O)[O-])cc(/C=N/Nc2nc3ccccc3[nH]2)c1O. The van der Waals surface area contributed by atoms with E-state index in [1.54, 1.807) is 0 Å². The third-order valence-corrected chi connectivity index (χ3v) is 3.28. The van der Waals surface area contributed by atoms with Crippen molar-refractivity contribution >= 4 is 28.9 Å². The van der Waals surface area contributed by atoms with Gasteiger partial charge in [0.15, 0.2) is 11.5 Å². The highest BCUT2D eigenvalue weighted by atomic mass is 16.6. The summed E-state index contributed by atoms with van der Waals surface area (Å²) in [5.74, 6) is 0.164. The van der Waals surface area contributed by atoms with E-state index in [0.29, 0.717) is 5.95 Å². The summed E-state index contributed by atoms with van der Waals surface area (Å²) in [4.78, 5) is 17.6. The Bertz CT molecular complexity index is 902. The lowest BCUT2D eigenvalue weighted by Crippen LogP contribution is -1.96. The van der Waals surface area contributed by atoms with Crippen LogP contribution in [0.5, 0.6) is 11.5 Å². The number of ether oxygens (including phenoxy) is 1. The molecule has 0 aliphatic rings. The molecule has 24 heavy (non-hydrogen) atoms. The second kappa shape index (κ2) is 6.24. The molecule has 0 aliphatic carbocycles. The minimum Gasteiger partial charge on any atom is -0.504 e. The topological polar surface area (TPSA) is 126 Å². The van der Waals surface area contributed by atoms with E-state index in [9.17, 15) is 15.2 Å². The third kappa shape index (κ3) is 2.95. The number of hydrogen-bond donors (Lipinski definition) is 3. The molecule has 0 saturated carbocycles. The number of methoxy groups -OCH3 is 1. The predicted octanol–water partition coefficient (Wildman–Crippen LogP) is 2.63. The quantitative estimate of drug-likeness (QED) is 0.376. The molecular weight excluding hydrogens is 314 g/mol. The van der Waals surface area contributed by atoms with Crippen molar-refractivity contribution in [3.05, 3.63) is 52.1 Å². The Labute approximate surface area is 135 Å².